The van der Waals surface area contributed by atoms with Crippen LogP contribution in [0.3, 0.4) is 0 Å². The van der Waals surface area contributed by atoms with Gasteiger partial charge < -0.3 is 15.4 Å². The number of nitrogens with two attached hydrogens (primary N) is 1. The van der Waals surface area contributed by atoms with E-state index < -0.39 is 11.9 Å². The molecule has 2 amide bonds. The molecule has 1 atom stereocenters. The predicted octanol–water partition coefficient (Wildman–Crippen LogP) is 1.70. The number of primary amides is 1. The zero-order valence-corrected chi connectivity index (χ0v) is 15.7. The van der Waals surface area contributed by atoms with Crippen LogP contribution in [0.5, 0.6) is 5.75 Å². The van der Waals surface area contributed by atoms with Gasteiger partial charge in [0.25, 0.3) is 5.91 Å². The Balaban J connectivity index is 1.57. The molecule has 0 aromatic heterocycles. The average molecular weight is 378 g/mol. The number of rotatable bonds is 4. The molecule has 0 bridgehead atoms. The fourth-order valence-corrected chi connectivity index (χ4v) is 3.70. The monoisotopic (exact) mass is 378 g/mol. The minimum absolute atomic E-state index is 0.154. The van der Waals surface area contributed by atoms with E-state index >= 15 is 0 Å². The number of amides is 2. The summed E-state index contributed by atoms with van der Waals surface area (Å²) >= 11 is 0. The first-order valence-electron chi connectivity index (χ1n) is 9.23. The molecule has 0 saturated heterocycles. The number of benzene rings is 2. The Hall–Kier alpha value is -3.35. The van der Waals surface area contributed by atoms with Gasteiger partial charge in [-0.15, -0.1) is 0 Å². The lowest BCUT2D eigenvalue weighted by Crippen LogP contribution is -2.41. The van der Waals surface area contributed by atoms with Gasteiger partial charge in [0.15, 0.2) is 0 Å². The molecule has 4 rings (SSSR count). The summed E-state index contributed by atoms with van der Waals surface area (Å²) in [6.45, 7) is 1.11. The topological polar surface area (TPSA) is 88.2 Å². The van der Waals surface area contributed by atoms with E-state index in [4.69, 9.17) is 10.5 Å². The smallest absolute Gasteiger partial charge is 0.270 e. The van der Waals surface area contributed by atoms with Crippen molar-refractivity contribution in [1.82, 2.24) is 4.90 Å². The number of hydrogen-bond acceptors (Lipinski definition) is 5. The molecule has 7 heteroatoms. The molecule has 2 N–H and O–H groups in total. The summed E-state index contributed by atoms with van der Waals surface area (Å²) < 4.78 is 5.29. The lowest BCUT2D eigenvalue weighted by Gasteiger charge is -2.29. The van der Waals surface area contributed by atoms with Crippen molar-refractivity contribution in [1.29, 1.82) is 0 Å². The second kappa shape index (κ2) is 7.34. The molecule has 28 heavy (non-hydrogen) atoms. The number of para-hydroxylation sites is 1. The van der Waals surface area contributed by atoms with Crippen LogP contribution in [0.4, 0.5) is 5.69 Å². The number of carbonyl (C=O) groups excluding carboxylic acids is 2. The summed E-state index contributed by atoms with van der Waals surface area (Å²) in [5.41, 5.74) is 8.96. The van der Waals surface area contributed by atoms with E-state index in [0.29, 0.717) is 18.8 Å². The molecule has 2 aromatic rings. The number of fused-ring (bicyclic) bond motifs is 1. The van der Waals surface area contributed by atoms with Gasteiger partial charge in [0, 0.05) is 19.5 Å². The Labute approximate surface area is 163 Å². The van der Waals surface area contributed by atoms with Crippen LogP contribution in [0.1, 0.15) is 17.5 Å². The molecule has 7 nitrogen and oxygen atoms in total. The van der Waals surface area contributed by atoms with Gasteiger partial charge in [0.05, 0.1) is 12.8 Å². The van der Waals surface area contributed by atoms with Crippen LogP contribution in [0.25, 0.3) is 0 Å². The number of hydrogen-bond donors (Lipinski definition) is 1. The molecule has 2 aromatic carbocycles. The zero-order valence-electron chi connectivity index (χ0n) is 15.7. The van der Waals surface area contributed by atoms with Gasteiger partial charge in [-0.25, -0.2) is 0 Å². The third-order valence-corrected chi connectivity index (χ3v) is 5.22. The Morgan fingerprint density at radius 1 is 1.14 bits per heavy atom. The van der Waals surface area contributed by atoms with Crippen molar-refractivity contribution in [2.24, 2.45) is 10.8 Å². The number of nitrogens with zero attached hydrogens (tertiary/aromatic N) is 3. The molecule has 2 heterocycles. The molecule has 0 spiro atoms. The van der Waals surface area contributed by atoms with E-state index in [1.54, 1.807) is 17.0 Å². The highest BCUT2D eigenvalue weighted by molar-refractivity contribution is 6.40. The standard InChI is InChI=1S/C21H22N4O3/c1-28-17-8-7-14-9-10-24(13-15(14)11-17)21(27)18-12-19(20(22)26)25(23-18)16-5-3-2-4-6-16/h2-8,11,19H,9-10,12-13H2,1H3,(H2,22,26). The van der Waals surface area contributed by atoms with Gasteiger partial charge in [-0.05, 0) is 41.8 Å². The number of ether oxygens (including phenoxy) is 1. The summed E-state index contributed by atoms with van der Waals surface area (Å²) in [5.74, 6) is 0.123. The minimum Gasteiger partial charge on any atom is -0.497 e. The lowest BCUT2D eigenvalue weighted by atomic mass is 9.98. The Bertz CT molecular complexity index is 942. The van der Waals surface area contributed by atoms with Gasteiger partial charge >= 0.3 is 0 Å². The summed E-state index contributed by atoms with van der Waals surface area (Å²) in [6.07, 6.45) is 0.991. The number of hydrazone groups is 1. The van der Waals surface area contributed by atoms with Crippen LogP contribution in [0.15, 0.2) is 53.6 Å². The fourth-order valence-electron chi connectivity index (χ4n) is 3.70. The van der Waals surface area contributed by atoms with Crippen molar-refractivity contribution >= 4 is 23.2 Å². The molecule has 0 fully saturated rings. The maximum atomic E-state index is 13.1. The molecule has 0 aliphatic carbocycles. The first-order chi connectivity index (χ1) is 13.6. The van der Waals surface area contributed by atoms with Gasteiger partial charge in [-0.2, -0.15) is 5.10 Å². The van der Waals surface area contributed by atoms with Crippen LogP contribution in [0, 0.1) is 0 Å². The molecular weight excluding hydrogens is 356 g/mol. The zero-order chi connectivity index (χ0) is 19.7. The van der Waals surface area contributed by atoms with Crippen molar-refractivity contribution in [3.05, 3.63) is 59.7 Å². The average Bonchev–Trinajstić information content (AvgIpc) is 3.19. The van der Waals surface area contributed by atoms with Crippen molar-refractivity contribution in [3.8, 4) is 5.75 Å². The van der Waals surface area contributed by atoms with Crippen molar-refractivity contribution in [2.75, 3.05) is 18.7 Å². The summed E-state index contributed by atoms with van der Waals surface area (Å²) in [6, 6.07) is 14.6. The van der Waals surface area contributed by atoms with Gasteiger partial charge in [-0.1, -0.05) is 24.3 Å². The van der Waals surface area contributed by atoms with Gasteiger partial charge in [-0.3, -0.25) is 14.6 Å². The van der Waals surface area contributed by atoms with Crippen molar-refractivity contribution in [3.63, 3.8) is 0 Å². The normalized spacial score (nSPS) is 18.5. The van der Waals surface area contributed by atoms with E-state index in [1.807, 2.05) is 48.5 Å². The molecule has 2 aliphatic rings. The fraction of sp³-hybridized carbons (Fsp3) is 0.286. The second-order valence-electron chi connectivity index (χ2n) is 6.96. The Morgan fingerprint density at radius 3 is 2.64 bits per heavy atom. The predicted molar refractivity (Wildman–Crippen MR) is 106 cm³/mol. The molecular formula is C21H22N4O3. The molecule has 2 aliphatic heterocycles. The lowest BCUT2D eigenvalue weighted by molar-refractivity contribution is -0.125. The first-order valence-corrected chi connectivity index (χ1v) is 9.23. The van der Waals surface area contributed by atoms with Gasteiger partial charge in [0.1, 0.15) is 17.5 Å². The van der Waals surface area contributed by atoms with Crippen LogP contribution >= 0.6 is 0 Å². The Kier molecular flexibility index (Phi) is 4.73. The first kappa shape index (κ1) is 18.0. The number of methoxy groups -OCH3 is 1. The van der Waals surface area contributed by atoms with Crippen LogP contribution in [-0.2, 0) is 22.6 Å². The summed E-state index contributed by atoms with van der Waals surface area (Å²) in [7, 11) is 1.63. The largest absolute Gasteiger partial charge is 0.497 e. The van der Waals surface area contributed by atoms with Gasteiger partial charge in [0.2, 0.25) is 5.91 Å². The summed E-state index contributed by atoms with van der Waals surface area (Å²) in [4.78, 5) is 26.8. The van der Waals surface area contributed by atoms with Crippen LogP contribution in [-0.4, -0.2) is 42.1 Å². The highest BCUT2D eigenvalue weighted by atomic mass is 16.5. The van der Waals surface area contributed by atoms with Crippen LogP contribution < -0.4 is 15.5 Å². The van der Waals surface area contributed by atoms with Crippen molar-refractivity contribution in [2.45, 2.75) is 25.4 Å². The van der Waals surface area contributed by atoms with E-state index in [2.05, 4.69) is 5.10 Å². The quantitative estimate of drug-likeness (QED) is 0.877. The van der Waals surface area contributed by atoms with E-state index in [0.717, 1.165) is 23.4 Å². The molecule has 1 unspecified atom stereocenters. The third-order valence-electron chi connectivity index (χ3n) is 5.22. The molecule has 0 radical (unpaired) electrons. The van der Waals surface area contributed by atoms with Crippen molar-refractivity contribution < 1.29 is 14.3 Å². The van der Waals surface area contributed by atoms with E-state index in [9.17, 15) is 9.59 Å². The number of carbonyl (C=O) groups is 2. The minimum atomic E-state index is -0.654. The van der Waals surface area contributed by atoms with E-state index in [-0.39, 0.29) is 12.3 Å². The molecule has 144 valence electrons. The van der Waals surface area contributed by atoms with E-state index in [1.165, 1.54) is 5.56 Å². The highest BCUT2D eigenvalue weighted by Gasteiger charge is 2.37. The third kappa shape index (κ3) is 3.31. The SMILES string of the molecule is COc1ccc2c(c1)CN(C(=O)C1=NN(c3ccccc3)C(C(N)=O)C1)CC2. The van der Waals surface area contributed by atoms with Crippen LogP contribution in [0.2, 0.25) is 0 Å². The maximum absolute atomic E-state index is 13.1. The summed E-state index contributed by atoms with van der Waals surface area (Å²) in [5, 5.41) is 6.01. The maximum Gasteiger partial charge on any atom is 0.270 e. The number of anilines is 1. The Morgan fingerprint density at radius 2 is 1.93 bits per heavy atom. The highest BCUT2D eigenvalue weighted by Crippen LogP contribution is 2.27. The molecule has 0 saturated carbocycles. The second-order valence-corrected chi connectivity index (χ2v) is 6.96.